The Balaban J connectivity index is 1.52. The van der Waals surface area contributed by atoms with Crippen LogP contribution >= 0.6 is 0 Å². The summed E-state index contributed by atoms with van der Waals surface area (Å²) >= 11 is 0. The normalized spacial score (nSPS) is 15.9. The minimum atomic E-state index is -0.00508. The standard InChI is InChI=1S/C23H31N3O3/c1-25(2)22(19-6-10-21(29-3)11-7-19)16-24-23(28)26-14-12-18(13-15-26)17-4-8-20(27)9-5-17/h4-11,18,22,27H,12-16H2,1-3H3,(H,24,28). The Hall–Kier alpha value is -2.73. The van der Waals surface area contributed by atoms with Gasteiger partial charge in [0.2, 0.25) is 0 Å². The molecule has 1 unspecified atom stereocenters. The smallest absolute Gasteiger partial charge is 0.317 e. The topological polar surface area (TPSA) is 65.0 Å². The quantitative estimate of drug-likeness (QED) is 0.782. The Kier molecular flexibility index (Phi) is 6.99. The first-order chi connectivity index (χ1) is 14.0. The maximum Gasteiger partial charge on any atom is 0.317 e. The molecule has 2 N–H and O–H groups in total. The number of phenols is 1. The molecule has 1 heterocycles. The maximum atomic E-state index is 12.7. The number of hydrogen-bond acceptors (Lipinski definition) is 4. The summed E-state index contributed by atoms with van der Waals surface area (Å²) in [6.07, 6.45) is 1.88. The van der Waals surface area contributed by atoms with E-state index in [2.05, 4.69) is 10.2 Å². The molecule has 1 saturated heterocycles. The Bertz CT molecular complexity index is 782. The first-order valence-corrected chi connectivity index (χ1v) is 10.1. The van der Waals surface area contributed by atoms with E-state index in [1.54, 1.807) is 19.2 Å². The van der Waals surface area contributed by atoms with E-state index < -0.39 is 0 Å². The number of hydrogen-bond donors (Lipinski definition) is 2. The SMILES string of the molecule is COc1ccc(C(CNC(=O)N2CCC(c3ccc(O)cc3)CC2)N(C)C)cc1. The van der Waals surface area contributed by atoms with E-state index in [1.807, 2.05) is 55.4 Å². The van der Waals surface area contributed by atoms with E-state index >= 15 is 0 Å². The molecule has 0 aliphatic carbocycles. The Morgan fingerprint density at radius 1 is 1.14 bits per heavy atom. The largest absolute Gasteiger partial charge is 0.508 e. The lowest BCUT2D eigenvalue weighted by molar-refractivity contribution is 0.177. The molecule has 1 fully saturated rings. The fourth-order valence-corrected chi connectivity index (χ4v) is 3.88. The number of aromatic hydroxyl groups is 1. The number of urea groups is 1. The van der Waals surface area contributed by atoms with Crippen LogP contribution in [0.4, 0.5) is 4.79 Å². The van der Waals surface area contributed by atoms with Crippen molar-refractivity contribution in [2.75, 3.05) is 40.8 Å². The summed E-state index contributed by atoms with van der Waals surface area (Å²) in [6.45, 7) is 2.04. The molecular weight excluding hydrogens is 366 g/mol. The molecule has 6 heteroatoms. The molecule has 0 aromatic heterocycles. The van der Waals surface area contributed by atoms with Crippen LogP contribution in [0.3, 0.4) is 0 Å². The number of nitrogens with zero attached hydrogens (tertiary/aromatic N) is 2. The number of carbonyl (C=O) groups is 1. The van der Waals surface area contributed by atoms with Gasteiger partial charge in [-0.25, -0.2) is 4.79 Å². The van der Waals surface area contributed by atoms with Crippen LogP contribution in [0.5, 0.6) is 11.5 Å². The summed E-state index contributed by atoms with van der Waals surface area (Å²) in [5.74, 6) is 1.55. The third kappa shape index (κ3) is 5.41. The predicted octanol–water partition coefficient (Wildman–Crippen LogP) is 3.59. The summed E-state index contributed by atoms with van der Waals surface area (Å²) in [6, 6.07) is 15.5. The van der Waals surface area contributed by atoms with E-state index in [1.165, 1.54) is 5.56 Å². The summed E-state index contributed by atoms with van der Waals surface area (Å²) in [5.41, 5.74) is 2.37. The Morgan fingerprint density at radius 2 is 1.76 bits per heavy atom. The van der Waals surface area contributed by atoms with Crippen LogP contribution in [0.25, 0.3) is 0 Å². The van der Waals surface area contributed by atoms with Crippen molar-refractivity contribution >= 4 is 6.03 Å². The number of ether oxygens (including phenoxy) is 1. The molecule has 0 spiro atoms. The van der Waals surface area contributed by atoms with Crippen LogP contribution in [-0.2, 0) is 0 Å². The van der Waals surface area contributed by atoms with Crippen molar-refractivity contribution in [2.24, 2.45) is 0 Å². The van der Waals surface area contributed by atoms with Gasteiger partial charge in [0.05, 0.1) is 13.2 Å². The van der Waals surface area contributed by atoms with E-state index in [4.69, 9.17) is 4.74 Å². The van der Waals surface area contributed by atoms with Crippen LogP contribution in [0.15, 0.2) is 48.5 Å². The fourth-order valence-electron chi connectivity index (χ4n) is 3.88. The highest BCUT2D eigenvalue weighted by atomic mass is 16.5. The average Bonchev–Trinajstić information content (AvgIpc) is 2.74. The number of carbonyl (C=O) groups excluding carboxylic acids is 1. The number of benzene rings is 2. The van der Waals surface area contributed by atoms with E-state index in [0.29, 0.717) is 12.5 Å². The van der Waals surface area contributed by atoms with Gasteiger partial charge in [-0.05, 0) is 68.2 Å². The van der Waals surface area contributed by atoms with Crippen molar-refractivity contribution < 1.29 is 14.6 Å². The molecule has 2 aromatic carbocycles. The molecule has 2 amide bonds. The number of amides is 2. The minimum absolute atomic E-state index is 0.00508. The van der Waals surface area contributed by atoms with E-state index in [0.717, 1.165) is 37.2 Å². The van der Waals surface area contributed by atoms with Gasteiger partial charge in [-0.3, -0.25) is 0 Å². The maximum absolute atomic E-state index is 12.7. The highest BCUT2D eigenvalue weighted by molar-refractivity contribution is 5.74. The Labute approximate surface area is 173 Å². The lowest BCUT2D eigenvalue weighted by Gasteiger charge is -2.33. The number of likely N-dealkylation sites (N-methyl/N-ethyl adjacent to an activating group) is 1. The molecule has 1 aliphatic heterocycles. The lowest BCUT2D eigenvalue weighted by Crippen LogP contribution is -2.46. The fraction of sp³-hybridized carbons (Fsp3) is 0.435. The van der Waals surface area contributed by atoms with Crippen molar-refractivity contribution in [3.63, 3.8) is 0 Å². The lowest BCUT2D eigenvalue weighted by atomic mass is 9.89. The number of phenolic OH excluding ortho intramolecular Hbond substituents is 1. The predicted molar refractivity (Wildman–Crippen MR) is 114 cm³/mol. The second-order valence-electron chi connectivity index (χ2n) is 7.79. The van der Waals surface area contributed by atoms with Crippen LogP contribution in [0.1, 0.15) is 35.9 Å². The van der Waals surface area contributed by atoms with Crippen LogP contribution < -0.4 is 10.1 Å². The number of likely N-dealkylation sites (tertiary alicyclic amines) is 1. The van der Waals surface area contributed by atoms with E-state index in [9.17, 15) is 9.90 Å². The molecule has 1 atom stereocenters. The van der Waals surface area contributed by atoms with Gasteiger partial charge in [-0.15, -0.1) is 0 Å². The second kappa shape index (κ2) is 9.65. The van der Waals surface area contributed by atoms with Crippen molar-refractivity contribution in [1.82, 2.24) is 15.1 Å². The zero-order chi connectivity index (χ0) is 20.8. The first-order valence-electron chi connectivity index (χ1n) is 10.1. The van der Waals surface area contributed by atoms with Gasteiger partial charge in [0, 0.05) is 19.6 Å². The molecule has 0 saturated carbocycles. The van der Waals surface area contributed by atoms with Crippen LogP contribution in [-0.4, -0.2) is 61.8 Å². The number of piperidine rings is 1. The van der Waals surface area contributed by atoms with Crippen molar-refractivity contribution in [2.45, 2.75) is 24.8 Å². The van der Waals surface area contributed by atoms with Gasteiger partial charge in [0.1, 0.15) is 11.5 Å². The van der Waals surface area contributed by atoms with Gasteiger partial charge >= 0.3 is 6.03 Å². The summed E-state index contributed by atoms with van der Waals surface area (Å²) in [7, 11) is 5.69. The highest BCUT2D eigenvalue weighted by Gasteiger charge is 2.24. The van der Waals surface area contributed by atoms with Gasteiger partial charge in [0.15, 0.2) is 0 Å². The Morgan fingerprint density at radius 3 is 2.31 bits per heavy atom. The van der Waals surface area contributed by atoms with Gasteiger partial charge in [-0.2, -0.15) is 0 Å². The molecule has 29 heavy (non-hydrogen) atoms. The molecule has 3 rings (SSSR count). The third-order valence-electron chi connectivity index (χ3n) is 5.72. The zero-order valence-corrected chi connectivity index (χ0v) is 17.5. The minimum Gasteiger partial charge on any atom is -0.508 e. The van der Waals surface area contributed by atoms with Crippen molar-refractivity contribution in [3.8, 4) is 11.5 Å². The number of rotatable bonds is 6. The summed E-state index contributed by atoms with van der Waals surface area (Å²) in [5, 5.41) is 12.6. The number of methoxy groups -OCH3 is 1. The third-order valence-corrected chi connectivity index (χ3v) is 5.72. The van der Waals surface area contributed by atoms with Crippen molar-refractivity contribution in [3.05, 3.63) is 59.7 Å². The molecule has 156 valence electrons. The summed E-state index contributed by atoms with van der Waals surface area (Å²) in [4.78, 5) is 16.7. The summed E-state index contributed by atoms with van der Waals surface area (Å²) < 4.78 is 5.23. The molecular formula is C23H31N3O3. The average molecular weight is 398 g/mol. The first kappa shape index (κ1) is 21.0. The second-order valence-corrected chi connectivity index (χ2v) is 7.79. The molecule has 0 bridgehead atoms. The molecule has 0 radical (unpaired) electrons. The number of nitrogens with one attached hydrogen (secondary N) is 1. The molecule has 6 nitrogen and oxygen atoms in total. The molecule has 2 aromatic rings. The van der Waals surface area contributed by atoms with Crippen LogP contribution in [0.2, 0.25) is 0 Å². The van der Waals surface area contributed by atoms with Crippen molar-refractivity contribution in [1.29, 1.82) is 0 Å². The zero-order valence-electron chi connectivity index (χ0n) is 17.5. The van der Waals surface area contributed by atoms with Gasteiger partial charge in [-0.1, -0.05) is 24.3 Å². The van der Waals surface area contributed by atoms with Gasteiger partial charge in [0.25, 0.3) is 0 Å². The van der Waals surface area contributed by atoms with Crippen LogP contribution in [0, 0.1) is 0 Å². The van der Waals surface area contributed by atoms with E-state index in [-0.39, 0.29) is 17.8 Å². The monoisotopic (exact) mass is 397 g/mol. The molecule has 1 aliphatic rings. The highest BCUT2D eigenvalue weighted by Crippen LogP contribution is 2.29. The van der Waals surface area contributed by atoms with Gasteiger partial charge < -0.3 is 25.0 Å².